The SMILES string of the molecule is C/C=C(\c1ccccc1C)c1cc2ccc(C)cc2nc1C. The average molecular weight is 287 g/mol. The molecule has 0 spiro atoms. The van der Waals surface area contributed by atoms with Gasteiger partial charge in [-0.05, 0) is 62.1 Å². The molecule has 0 unspecified atom stereocenters. The van der Waals surface area contributed by atoms with E-state index in [1.54, 1.807) is 0 Å². The summed E-state index contributed by atoms with van der Waals surface area (Å²) >= 11 is 0. The van der Waals surface area contributed by atoms with Gasteiger partial charge in [-0.2, -0.15) is 0 Å². The fourth-order valence-electron chi connectivity index (χ4n) is 2.98. The second-order valence-electron chi connectivity index (χ2n) is 5.83. The number of benzene rings is 2. The van der Waals surface area contributed by atoms with Gasteiger partial charge in [-0.15, -0.1) is 0 Å². The highest BCUT2D eigenvalue weighted by Crippen LogP contribution is 2.30. The third kappa shape index (κ3) is 2.55. The van der Waals surface area contributed by atoms with Crippen molar-refractivity contribution in [1.29, 1.82) is 0 Å². The minimum Gasteiger partial charge on any atom is -0.252 e. The highest BCUT2D eigenvalue weighted by molar-refractivity contribution is 5.89. The molecule has 110 valence electrons. The number of fused-ring (bicyclic) bond motifs is 1. The molecule has 1 nitrogen and oxygen atoms in total. The van der Waals surface area contributed by atoms with Crippen LogP contribution in [-0.2, 0) is 0 Å². The van der Waals surface area contributed by atoms with E-state index in [4.69, 9.17) is 4.98 Å². The molecule has 1 heterocycles. The first-order valence-electron chi connectivity index (χ1n) is 7.71. The second kappa shape index (κ2) is 5.76. The van der Waals surface area contributed by atoms with E-state index < -0.39 is 0 Å². The fourth-order valence-corrected chi connectivity index (χ4v) is 2.98. The average Bonchev–Trinajstić information content (AvgIpc) is 2.50. The van der Waals surface area contributed by atoms with Crippen LogP contribution in [0.5, 0.6) is 0 Å². The molecule has 0 saturated carbocycles. The molecule has 0 aliphatic carbocycles. The molecule has 0 aliphatic heterocycles. The van der Waals surface area contributed by atoms with Gasteiger partial charge < -0.3 is 0 Å². The van der Waals surface area contributed by atoms with E-state index in [1.165, 1.54) is 33.2 Å². The molecule has 0 saturated heterocycles. The Hall–Kier alpha value is -2.41. The first-order chi connectivity index (χ1) is 10.6. The van der Waals surface area contributed by atoms with Gasteiger partial charge in [0.05, 0.1) is 5.52 Å². The van der Waals surface area contributed by atoms with Gasteiger partial charge in [0, 0.05) is 16.6 Å². The van der Waals surface area contributed by atoms with E-state index in [-0.39, 0.29) is 0 Å². The van der Waals surface area contributed by atoms with Crippen LogP contribution >= 0.6 is 0 Å². The lowest BCUT2D eigenvalue weighted by atomic mass is 9.92. The molecule has 0 fully saturated rings. The molecule has 1 heteroatoms. The molecular weight excluding hydrogens is 266 g/mol. The number of pyridine rings is 1. The Morgan fingerprint density at radius 2 is 1.68 bits per heavy atom. The molecule has 0 atom stereocenters. The van der Waals surface area contributed by atoms with Crippen LogP contribution in [0.4, 0.5) is 0 Å². The summed E-state index contributed by atoms with van der Waals surface area (Å²) in [5.74, 6) is 0. The minimum absolute atomic E-state index is 1.07. The molecule has 0 bridgehead atoms. The van der Waals surface area contributed by atoms with Crippen LogP contribution in [-0.4, -0.2) is 4.98 Å². The molecule has 0 amide bonds. The number of rotatable bonds is 2. The van der Waals surface area contributed by atoms with Gasteiger partial charge in [0.2, 0.25) is 0 Å². The third-order valence-corrected chi connectivity index (χ3v) is 4.18. The summed E-state index contributed by atoms with van der Waals surface area (Å²) in [4.78, 5) is 4.82. The smallest absolute Gasteiger partial charge is 0.0708 e. The molecular formula is C21H21N. The Balaban J connectivity index is 2.22. The van der Waals surface area contributed by atoms with Crippen LogP contribution in [0.1, 0.15) is 34.9 Å². The molecule has 22 heavy (non-hydrogen) atoms. The Labute approximate surface area is 132 Å². The zero-order valence-corrected chi connectivity index (χ0v) is 13.6. The molecule has 2 aromatic carbocycles. The lowest BCUT2D eigenvalue weighted by Gasteiger charge is -2.14. The summed E-state index contributed by atoms with van der Waals surface area (Å²) < 4.78 is 0. The summed E-state index contributed by atoms with van der Waals surface area (Å²) in [6, 6.07) is 17.2. The van der Waals surface area contributed by atoms with Crippen LogP contribution in [0.15, 0.2) is 54.6 Å². The van der Waals surface area contributed by atoms with Crippen molar-refractivity contribution in [2.24, 2.45) is 0 Å². The van der Waals surface area contributed by atoms with Crippen LogP contribution in [0.25, 0.3) is 16.5 Å². The Kier molecular flexibility index (Phi) is 3.81. The second-order valence-corrected chi connectivity index (χ2v) is 5.83. The topological polar surface area (TPSA) is 12.9 Å². The zero-order chi connectivity index (χ0) is 15.7. The van der Waals surface area contributed by atoms with Crippen LogP contribution in [0.2, 0.25) is 0 Å². The molecule has 3 aromatic rings. The number of aromatic nitrogens is 1. The lowest BCUT2D eigenvalue weighted by Crippen LogP contribution is -1.97. The summed E-state index contributed by atoms with van der Waals surface area (Å²) in [6.45, 7) is 8.46. The van der Waals surface area contributed by atoms with Crippen molar-refractivity contribution in [2.45, 2.75) is 27.7 Å². The van der Waals surface area contributed by atoms with Crippen LogP contribution in [0, 0.1) is 20.8 Å². The maximum absolute atomic E-state index is 4.82. The first kappa shape index (κ1) is 14.5. The van der Waals surface area contributed by atoms with Gasteiger partial charge in [0.1, 0.15) is 0 Å². The van der Waals surface area contributed by atoms with Gasteiger partial charge in [-0.3, -0.25) is 4.98 Å². The van der Waals surface area contributed by atoms with Crippen LogP contribution in [0.3, 0.4) is 0 Å². The molecule has 1 aromatic heterocycles. The van der Waals surface area contributed by atoms with E-state index in [1.807, 2.05) is 0 Å². The van der Waals surface area contributed by atoms with Gasteiger partial charge in [0.15, 0.2) is 0 Å². The van der Waals surface area contributed by atoms with Crippen molar-refractivity contribution < 1.29 is 0 Å². The van der Waals surface area contributed by atoms with Crippen LogP contribution < -0.4 is 0 Å². The molecule has 3 rings (SSSR count). The maximum Gasteiger partial charge on any atom is 0.0708 e. The minimum atomic E-state index is 1.07. The van der Waals surface area contributed by atoms with E-state index in [0.29, 0.717) is 0 Å². The van der Waals surface area contributed by atoms with Crippen molar-refractivity contribution in [3.05, 3.63) is 82.6 Å². The Morgan fingerprint density at radius 1 is 0.909 bits per heavy atom. The van der Waals surface area contributed by atoms with E-state index >= 15 is 0 Å². The highest BCUT2D eigenvalue weighted by Gasteiger charge is 2.11. The van der Waals surface area contributed by atoms with E-state index in [2.05, 4.69) is 82.3 Å². The monoisotopic (exact) mass is 287 g/mol. The first-order valence-corrected chi connectivity index (χ1v) is 7.71. The lowest BCUT2D eigenvalue weighted by molar-refractivity contribution is 1.22. The van der Waals surface area contributed by atoms with Gasteiger partial charge in [-0.1, -0.05) is 42.5 Å². The third-order valence-electron chi connectivity index (χ3n) is 4.18. The van der Waals surface area contributed by atoms with Crippen molar-refractivity contribution in [3.63, 3.8) is 0 Å². The van der Waals surface area contributed by atoms with Gasteiger partial charge in [-0.25, -0.2) is 0 Å². The summed E-state index contributed by atoms with van der Waals surface area (Å²) in [6.07, 6.45) is 2.19. The number of hydrogen-bond acceptors (Lipinski definition) is 1. The number of nitrogens with zero attached hydrogens (tertiary/aromatic N) is 1. The number of hydrogen-bond donors (Lipinski definition) is 0. The summed E-state index contributed by atoms with van der Waals surface area (Å²) in [7, 11) is 0. The molecule has 0 aliphatic rings. The predicted octanol–water partition coefficient (Wildman–Crippen LogP) is 5.61. The van der Waals surface area contributed by atoms with Gasteiger partial charge >= 0.3 is 0 Å². The largest absolute Gasteiger partial charge is 0.252 e. The van der Waals surface area contributed by atoms with Crippen molar-refractivity contribution >= 4 is 16.5 Å². The fraction of sp³-hybridized carbons (Fsp3) is 0.190. The van der Waals surface area contributed by atoms with E-state index in [9.17, 15) is 0 Å². The standard InChI is InChI=1S/C21H21N/c1-5-18(19-9-7-6-8-15(19)3)20-13-17-11-10-14(2)12-21(17)22-16(20)4/h5-13H,1-4H3/b18-5+. The van der Waals surface area contributed by atoms with Gasteiger partial charge in [0.25, 0.3) is 0 Å². The quantitative estimate of drug-likeness (QED) is 0.597. The normalized spacial score (nSPS) is 11.9. The zero-order valence-electron chi connectivity index (χ0n) is 13.6. The summed E-state index contributed by atoms with van der Waals surface area (Å²) in [5.41, 5.74) is 8.44. The molecule has 0 N–H and O–H groups in total. The Morgan fingerprint density at radius 3 is 2.41 bits per heavy atom. The summed E-state index contributed by atoms with van der Waals surface area (Å²) in [5, 5.41) is 1.19. The Bertz CT molecular complexity index is 872. The predicted molar refractivity (Wildman–Crippen MR) is 95.1 cm³/mol. The van der Waals surface area contributed by atoms with Crippen molar-refractivity contribution in [3.8, 4) is 0 Å². The number of aryl methyl sites for hydroxylation is 3. The molecule has 0 radical (unpaired) electrons. The number of allylic oxidation sites excluding steroid dienone is 1. The van der Waals surface area contributed by atoms with E-state index in [0.717, 1.165) is 11.2 Å². The van der Waals surface area contributed by atoms with Crippen molar-refractivity contribution in [2.75, 3.05) is 0 Å². The van der Waals surface area contributed by atoms with Crippen molar-refractivity contribution in [1.82, 2.24) is 4.98 Å². The highest BCUT2D eigenvalue weighted by atomic mass is 14.7. The maximum atomic E-state index is 4.82.